The maximum absolute atomic E-state index is 14.2. The van der Waals surface area contributed by atoms with Crippen molar-refractivity contribution in [3.05, 3.63) is 144 Å². The Hall–Kier alpha value is -5.57. The zero-order valence-corrected chi connectivity index (χ0v) is 28.0. The van der Waals surface area contributed by atoms with Crippen LogP contribution in [0.2, 0.25) is 0 Å². The molecule has 0 aliphatic heterocycles. The second-order valence-electron chi connectivity index (χ2n) is 12.8. The summed E-state index contributed by atoms with van der Waals surface area (Å²) < 4.78 is 0. The number of benzene rings is 6. The van der Waals surface area contributed by atoms with Gasteiger partial charge in [0.15, 0.2) is 0 Å². The number of rotatable bonds is 14. The van der Waals surface area contributed by atoms with Gasteiger partial charge in [0, 0.05) is 19.4 Å². The van der Waals surface area contributed by atoms with Gasteiger partial charge < -0.3 is 27.4 Å². The van der Waals surface area contributed by atoms with Crippen LogP contribution in [0.3, 0.4) is 0 Å². The minimum atomic E-state index is -0.984. The molecule has 0 aliphatic rings. The highest BCUT2D eigenvalue weighted by Gasteiger charge is 2.29. The monoisotopic (exact) mass is 665 g/mol. The van der Waals surface area contributed by atoms with Gasteiger partial charge in [-0.3, -0.25) is 14.4 Å². The van der Waals surface area contributed by atoms with Crippen LogP contribution >= 0.6 is 0 Å². The van der Waals surface area contributed by atoms with Gasteiger partial charge in [-0.2, -0.15) is 0 Å². The summed E-state index contributed by atoms with van der Waals surface area (Å²) in [4.78, 5) is 41.3. The lowest BCUT2D eigenvalue weighted by atomic mass is 9.98. The van der Waals surface area contributed by atoms with Gasteiger partial charge in [0.1, 0.15) is 12.1 Å². The van der Waals surface area contributed by atoms with E-state index in [-0.39, 0.29) is 18.7 Å². The minimum Gasteiger partial charge on any atom is -0.354 e. The topological polar surface area (TPSA) is 139 Å². The van der Waals surface area contributed by atoms with Crippen LogP contribution in [0, 0.1) is 0 Å². The number of hydrogen-bond donors (Lipinski definition) is 5. The van der Waals surface area contributed by atoms with Crippen molar-refractivity contribution in [1.29, 1.82) is 0 Å². The zero-order chi connectivity index (χ0) is 34.9. The van der Waals surface area contributed by atoms with Gasteiger partial charge in [-0.1, -0.05) is 127 Å². The maximum Gasteiger partial charge on any atom is 0.243 e. The molecule has 0 spiro atoms. The largest absolute Gasteiger partial charge is 0.354 e. The number of carbonyl (C=O) groups excluding carboxylic acids is 3. The van der Waals surface area contributed by atoms with E-state index in [2.05, 4.69) is 16.0 Å². The molecule has 0 fully saturated rings. The first-order chi connectivity index (χ1) is 24.4. The molecule has 3 amide bonds. The third-order valence-electron chi connectivity index (χ3n) is 9.06. The van der Waals surface area contributed by atoms with Crippen LogP contribution in [0.5, 0.6) is 0 Å². The number of nitrogens with two attached hydrogens (primary N) is 2. The standard InChI is InChI=1S/C42H43N5O3/c43-20-7-21-45-41(49)38(26-29-15-18-32-9-2-5-12-35(32)23-29)47-42(50)39(27-30-16-19-33-10-3-6-13-36(33)24-30)46-40(48)37(44)25-28-14-17-31-8-1-4-11-34(31)22-28/h1-6,8-19,22-24,37-39H,7,20-21,25-27,43-44H2,(H,45,49)(H,46,48)(H,47,50)/t37-,38?,39+/m1/s1. The molecule has 0 heterocycles. The van der Waals surface area contributed by atoms with Crippen LogP contribution in [-0.2, 0) is 33.6 Å². The Morgan fingerprint density at radius 1 is 0.500 bits per heavy atom. The first-order valence-electron chi connectivity index (χ1n) is 17.1. The van der Waals surface area contributed by atoms with E-state index in [1.807, 2.05) is 127 Å². The summed E-state index contributed by atoms with van der Waals surface area (Å²) in [5.74, 6) is -1.23. The predicted molar refractivity (Wildman–Crippen MR) is 201 cm³/mol. The van der Waals surface area contributed by atoms with E-state index < -0.39 is 29.9 Å². The number of carbonyl (C=O) groups is 3. The molecule has 6 aromatic rings. The highest BCUT2D eigenvalue weighted by molar-refractivity contribution is 5.94. The van der Waals surface area contributed by atoms with Crippen molar-refractivity contribution >= 4 is 50.0 Å². The number of hydrogen-bond acceptors (Lipinski definition) is 5. The van der Waals surface area contributed by atoms with Crippen molar-refractivity contribution in [2.45, 2.75) is 43.8 Å². The summed E-state index contributed by atoms with van der Waals surface area (Å²) in [6, 6.07) is 39.2. The average molecular weight is 666 g/mol. The average Bonchev–Trinajstić information content (AvgIpc) is 3.14. The number of fused-ring (bicyclic) bond motifs is 3. The second-order valence-corrected chi connectivity index (χ2v) is 12.8. The SMILES string of the molecule is NCCCNC(=O)C(Cc1ccc2ccccc2c1)NC(=O)[C@H](Cc1ccc2ccccc2c1)NC(=O)[C@H](N)Cc1ccc2ccccc2c1. The second kappa shape index (κ2) is 16.2. The van der Waals surface area contributed by atoms with E-state index in [0.717, 1.165) is 49.0 Å². The summed E-state index contributed by atoms with van der Waals surface area (Å²) in [6.07, 6.45) is 1.39. The van der Waals surface area contributed by atoms with Crippen molar-refractivity contribution in [2.24, 2.45) is 11.5 Å². The highest BCUT2D eigenvalue weighted by atomic mass is 16.2. The minimum absolute atomic E-state index is 0.211. The summed E-state index contributed by atoms with van der Waals surface area (Å²) >= 11 is 0. The molecule has 0 saturated heterocycles. The van der Waals surface area contributed by atoms with Gasteiger partial charge in [0.05, 0.1) is 6.04 Å². The van der Waals surface area contributed by atoms with Crippen molar-refractivity contribution in [3.63, 3.8) is 0 Å². The Morgan fingerprint density at radius 2 is 0.900 bits per heavy atom. The molecule has 6 rings (SSSR count). The predicted octanol–water partition coefficient (Wildman–Crippen LogP) is 4.94. The molecular weight excluding hydrogens is 622 g/mol. The summed E-state index contributed by atoms with van der Waals surface area (Å²) in [5, 5.41) is 15.2. The van der Waals surface area contributed by atoms with Crippen LogP contribution < -0.4 is 27.4 Å². The van der Waals surface area contributed by atoms with Crippen LogP contribution in [-0.4, -0.2) is 48.9 Å². The molecule has 0 saturated carbocycles. The molecule has 0 aliphatic carbocycles. The van der Waals surface area contributed by atoms with E-state index >= 15 is 0 Å². The van der Waals surface area contributed by atoms with Gasteiger partial charge in [-0.05, 0) is 68.4 Å². The fourth-order valence-electron chi connectivity index (χ4n) is 6.32. The molecule has 0 bridgehead atoms. The molecule has 8 heteroatoms. The fourth-order valence-corrected chi connectivity index (χ4v) is 6.32. The van der Waals surface area contributed by atoms with E-state index in [1.165, 1.54) is 0 Å². The van der Waals surface area contributed by atoms with Crippen molar-refractivity contribution in [1.82, 2.24) is 16.0 Å². The Morgan fingerprint density at radius 3 is 1.36 bits per heavy atom. The number of nitrogens with one attached hydrogen (secondary N) is 3. The molecule has 3 atom stereocenters. The smallest absolute Gasteiger partial charge is 0.243 e. The lowest BCUT2D eigenvalue weighted by molar-refractivity contribution is -0.132. The third-order valence-corrected chi connectivity index (χ3v) is 9.06. The summed E-state index contributed by atoms with van der Waals surface area (Å²) in [7, 11) is 0. The molecule has 1 unspecified atom stereocenters. The van der Waals surface area contributed by atoms with E-state index in [0.29, 0.717) is 25.9 Å². The highest BCUT2D eigenvalue weighted by Crippen LogP contribution is 2.20. The Bertz CT molecular complexity index is 2130. The molecule has 6 aromatic carbocycles. The van der Waals surface area contributed by atoms with Crippen LogP contribution in [0.4, 0.5) is 0 Å². The third kappa shape index (κ3) is 8.71. The van der Waals surface area contributed by atoms with Gasteiger partial charge in [0.25, 0.3) is 0 Å². The fraction of sp³-hybridized carbons (Fsp3) is 0.214. The van der Waals surface area contributed by atoms with Crippen molar-refractivity contribution in [3.8, 4) is 0 Å². The molecular formula is C42H43N5O3. The summed E-state index contributed by atoms with van der Waals surface area (Å²) in [6.45, 7) is 0.821. The van der Waals surface area contributed by atoms with E-state index in [4.69, 9.17) is 11.5 Å². The van der Waals surface area contributed by atoms with Crippen LogP contribution in [0.25, 0.3) is 32.3 Å². The Balaban J connectivity index is 1.23. The lowest BCUT2D eigenvalue weighted by Gasteiger charge is -2.25. The molecule has 8 nitrogen and oxygen atoms in total. The van der Waals surface area contributed by atoms with Crippen LogP contribution in [0.1, 0.15) is 23.1 Å². The first-order valence-corrected chi connectivity index (χ1v) is 17.1. The van der Waals surface area contributed by atoms with E-state index in [9.17, 15) is 14.4 Å². The quantitative estimate of drug-likeness (QED) is 0.105. The van der Waals surface area contributed by atoms with Gasteiger partial charge >= 0.3 is 0 Å². The molecule has 50 heavy (non-hydrogen) atoms. The van der Waals surface area contributed by atoms with Gasteiger partial charge in [-0.15, -0.1) is 0 Å². The Kier molecular flexibility index (Phi) is 11.1. The normalized spacial score (nSPS) is 13.1. The molecule has 7 N–H and O–H groups in total. The van der Waals surface area contributed by atoms with E-state index in [1.54, 1.807) is 0 Å². The molecule has 254 valence electrons. The van der Waals surface area contributed by atoms with Crippen LogP contribution in [0.15, 0.2) is 127 Å². The molecule has 0 aromatic heterocycles. The zero-order valence-electron chi connectivity index (χ0n) is 28.0. The summed E-state index contributed by atoms with van der Waals surface area (Å²) in [5.41, 5.74) is 14.8. The lowest BCUT2D eigenvalue weighted by Crippen LogP contribution is -2.57. The van der Waals surface area contributed by atoms with Gasteiger partial charge in [-0.25, -0.2) is 0 Å². The Labute approximate surface area is 292 Å². The number of amides is 3. The van der Waals surface area contributed by atoms with Crippen molar-refractivity contribution < 1.29 is 14.4 Å². The van der Waals surface area contributed by atoms with Gasteiger partial charge in [0.2, 0.25) is 17.7 Å². The molecule has 0 radical (unpaired) electrons. The first kappa shape index (κ1) is 34.3. The van der Waals surface area contributed by atoms with Crippen molar-refractivity contribution in [2.75, 3.05) is 13.1 Å². The maximum atomic E-state index is 14.2.